The Morgan fingerprint density at radius 2 is 2.29 bits per heavy atom. The number of nitrogens with zero attached hydrogens (tertiary/aromatic N) is 1. The fourth-order valence-electron chi connectivity index (χ4n) is 2.43. The van der Waals surface area contributed by atoms with Crippen molar-refractivity contribution < 1.29 is 14.1 Å². The molecule has 3 rings (SSSR count). The Bertz CT molecular complexity index is 574. The molecule has 0 bridgehead atoms. The van der Waals surface area contributed by atoms with Crippen molar-refractivity contribution in [1.82, 2.24) is 10.5 Å². The van der Waals surface area contributed by atoms with E-state index in [1.807, 2.05) is 17.5 Å². The van der Waals surface area contributed by atoms with E-state index >= 15 is 0 Å². The fourth-order valence-corrected chi connectivity index (χ4v) is 3.11. The van der Waals surface area contributed by atoms with Crippen molar-refractivity contribution in [1.29, 1.82) is 0 Å². The lowest BCUT2D eigenvalue weighted by atomic mass is 9.97. The minimum Gasteiger partial charge on any atom is -0.381 e. The predicted octanol–water partition coefficient (Wildman–Crippen LogP) is 2.95. The van der Waals surface area contributed by atoms with Gasteiger partial charge in [0.1, 0.15) is 0 Å². The molecule has 5 nitrogen and oxygen atoms in total. The average Bonchev–Trinajstić information content (AvgIpc) is 3.19. The molecule has 0 radical (unpaired) electrons. The molecule has 1 aliphatic rings. The lowest BCUT2D eigenvalue weighted by Gasteiger charge is -2.21. The summed E-state index contributed by atoms with van der Waals surface area (Å²) in [6, 6.07) is 5.57. The summed E-state index contributed by atoms with van der Waals surface area (Å²) in [6.45, 7) is 2.35. The average molecular weight is 306 g/mol. The molecule has 0 aromatic carbocycles. The SMILES string of the molecule is O=C(NCCC1CCOCC1)c1cc(-c2cccs2)on1. The summed E-state index contributed by atoms with van der Waals surface area (Å²) in [5.41, 5.74) is 0.338. The first-order chi connectivity index (χ1) is 10.3. The third-order valence-corrected chi connectivity index (χ3v) is 4.57. The maximum Gasteiger partial charge on any atom is 0.273 e. The smallest absolute Gasteiger partial charge is 0.273 e. The second kappa shape index (κ2) is 6.87. The molecule has 1 N–H and O–H groups in total. The van der Waals surface area contributed by atoms with Gasteiger partial charge in [-0.15, -0.1) is 11.3 Å². The molecule has 6 heteroatoms. The molecule has 0 spiro atoms. The molecule has 0 saturated carbocycles. The van der Waals surface area contributed by atoms with Gasteiger partial charge < -0.3 is 14.6 Å². The summed E-state index contributed by atoms with van der Waals surface area (Å²) in [6.07, 6.45) is 3.16. The third kappa shape index (κ3) is 3.71. The number of carbonyl (C=O) groups is 1. The molecule has 2 aromatic heterocycles. The predicted molar refractivity (Wildman–Crippen MR) is 80.3 cm³/mol. The molecule has 2 aromatic rings. The van der Waals surface area contributed by atoms with Gasteiger partial charge in [0, 0.05) is 25.8 Å². The van der Waals surface area contributed by atoms with Crippen molar-refractivity contribution in [2.24, 2.45) is 5.92 Å². The van der Waals surface area contributed by atoms with Gasteiger partial charge in [-0.25, -0.2) is 0 Å². The van der Waals surface area contributed by atoms with Crippen molar-refractivity contribution in [3.8, 4) is 10.6 Å². The largest absolute Gasteiger partial charge is 0.381 e. The molecule has 1 aliphatic heterocycles. The lowest BCUT2D eigenvalue weighted by Crippen LogP contribution is -2.27. The van der Waals surface area contributed by atoms with Crippen LogP contribution in [0.3, 0.4) is 0 Å². The van der Waals surface area contributed by atoms with Crippen molar-refractivity contribution >= 4 is 17.2 Å². The van der Waals surface area contributed by atoms with Crippen LogP contribution in [0.25, 0.3) is 10.6 Å². The van der Waals surface area contributed by atoms with E-state index in [1.54, 1.807) is 17.4 Å². The zero-order valence-electron chi connectivity index (χ0n) is 11.7. The standard InChI is InChI=1S/C15H18N2O3S/c18-15(16-6-3-11-4-7-19-8-5-11)12-10-13(20-17-12)14-2-1-9-21-14/h1-2,9-11H,3-8H2,(H,16,18). The quantitative estimate of drug-likeness (QED) is 0.922. The zero-order chi connectivity index (χ0) is 14.5. The van der Waals surface area contributed by atoms with Crippen LogP contribution in [0.5, 0.6) is 0 Å². The van der Waals surface area contributed by atoms with Gasteiger partial charge in [-0.2, -0.15) is 0 Å². The molecule has 0 unspecified atom stereocenters. The first-order valence-corrected chi connectivity index (χ1v) is 8.07. The number of hydrogen-bond acceptors (Lipinski definition) is 5. The summed E-state index contributed by atoms with van der Waals surface area (Å²) in [7, 11) is 0. The Morgan fingerprint density at radius 3 is 3.05 bits per heavy atom. The van der Waals surface area contributed by atoms with Crippen molar-refractivity contribution in [3.63, 3.8) is 0 Å². The number of hydrogen-bond donors (Lipinski definition) is 1. The van der Waals surface area contributed by atoms with Crippen molar-refractivity contribution in [2.45, 2.75) is 19.3 Å². The van der Waals surface area contributed by atoms with E-state index in [2.05, 4.69) is 10.5 Å². The number of rotatable bonds is 5. The Balaban J connectivity index is 1.49. The molecule has 112 valence electrons. The Kier molecular flexibility index (Phi) is 4.67. The van der Waals surface area contributed by atoms with Crippen molar-refractivity contribution in [3.05, 3.63) is 29.3 Å². The zero-order valence-corrected chi connectivity index (χ0v) is 12.5. The van der Waals surface area contributed by atoms with Gasteiger partial charge in [-0.1, -0.05) is 11.2 Å². The Hall–Kier alpha value is -1.66. The van der Waals surface area contributed by atoms with Gasteiger partial charge in [-0.05, 0) is 36.6 Å². The first-order valence-electron chi connectivity index (χ1n) is 7.19. The lowest BCUT2D eigenvalue weighted by molar-refractivity contribution is 0.0635. The summed E-state index contributed by atoms with van der Waals surface area (Å²) >= 11 is 1.56. The van der Waals surface area contributed by atoms with E-state index in [9.17, 15) is 4.79 Å². The van der Waals surface area contributed by atoms with Gasteiger partial charge in [0.15, 0.2) is 11.5 Å². The van der Waals surface area contributed by atoms with Gasteiger partial charge >= 0.3 is 0 Å². The van der Waals surface area contributed by atoms with Crippen LogP contribution in [-0.2, 0) is 4.74 Å². The molecule has 21 heavy (non-hydrogen) atoms. The maximum atomic E-state index is 12.0. The number of nitrogens with one attached hydrogen (secondary N) is 1. The highest BCUT2D eigenvalue weighted by Gasteiger charge is 2.16. The molecule has 3 heterocycles. The highest BCUT2D eigenvalue weighted by molar-refractivity contribution is 7.13. The third-order valence-electron chi connectivity index (χ3n) is 3.69. The highest BCUT2D eigenvalue weighted by atomic mass is 32.1. The van der Waals surface area contributed by atoms with Crippen LogP contribution in [-0.4, -0.2) is 30.8 Å². The number of aromatic nitrogens is 1. The van der Waals surface area contributed by atoms with Gasteiger partial charge in [-0.3, -0.25) is 4.79 Å². The van der Waals surface area contributed by atoms with Gasteiger partial charge in [0.25, 0.3) is 5.91 Å². The second-order valence-electron chi connectivity index (χ2n) is 5.15. The minimum absolute atomic E-state index is 0.173. The second-order valence-corrected chi connectivity index (χ2v) is 6.10. The fraction of sp³-hybridized carbons (Fsp3) is 0.467. The Morgan fingerprint density at radius 1 is 1.43 bits per heavy atom. The van der Waals surface area contributed by atoms with E-state index in [4.69, 9.17) is 9.26 Å². The van der Waals surface area contributed by atoms with E-state index < -0.39 is 0 Å². The number of ether oxygens (including phenoxy) is 1. The van der Waals surface area contributed by atoms with Crippen molar-refractivity contribution in [2.75, 3.05) is 19.8 Å². The number of carbonyl (C=O) groups excluding carboxylic acids is 1. The van der Waals surface area contributed by atoms with Gasteiger partial charge in [0.2, 0.25) is 0 Å². The molecular formula is C15H18N2O3S. The van der Waals surface area contributed by atoms with Gasteiger partial charge in [0.05, 0.1) is 4.88 Å². The van der Waals surface area contributed by atoms with Crippen LogP contribution in [0.1, 0.15) is 29.8 Å². The maximum absolute atomic E-state index is 12.0. The molecular weight excluding hydrogens is 288 g/mol. The summed E-state index contributed by atoms with van der Waals surface area (Å²) < 4.78 is 10.5. The van der Waals surface area contributed by atoms with E-state index in [-0.39, 0.29) is 5.91 Å². The highest BCUT2D eigenvalue weighted by Crippen LogP contribution is 2.25. The summed E-state index contributed by atoms with van der Waals surface area (Å²) in [4.78, 5) is 13.0. The first kappa shape index (κ1) is 14.3. The van der Waals surface area contributed by atoms with E-state index in [0.717, 1.165) is 37.4 Å². The molecule has 0 atom stereocenters. The van der Waals surface area contributed by atoms with E-state index in [0.29, 0.717) is 23.9 Å². The summed E-state index contributed by atoms with van der Waals surface area (Å²) in [5, 5.41) is 8.71. The molecule has 0 aliphatic carbocycles. The molecule has 1 saturated heterocycles. The Labute approximate surface area is 127 Å². The molecule has 1 amide bonds. The topological polar surface area (TPSA) is 64.4 Å². The minimum atomic E-state index is -0.173. The number of thiophene rings is 1. The van der Waals surface area contributed by atoms with Crippen LogP contribution >= 0.6 is 11.3 Å². The number of amides is 1. The normalized spacial score (nSPS) is 16.0. The van der Waals surface area contributed by atoms with Crippen LogP contribution in [0.2, 0.25) is 0 Å². The van der Waals surface area contributed by atoms with Crippen LogP contribution in [0.15, 0.2) is 28.1 Å². The van der Waals surface area contributed by atoms with Crippen LogP contribution in [0.4, 0.5) is 0 Å². The van der Waals surface area contributed by atoms with Crippen LogP contribution < -0.4 is 5.32 Å². The molecule has 1 fully saturated rings. The monoisotopic (exact) mass is 306 g/mol. The summed E-state index contributed by atoms with van der Waals surface area (Å²) in [5.74, 6) is 1.12. The van der Waals surface area contributed by atoms with Crippen LogP contribution in [0, 0.1) is 5.92 Å². The van der Waals surface area contributed by atoms with E-state index in [1.165, 1.54) is 0 Å².